The molecule has 3 aliphatic heterocycles. The van der Waals surface area contributed by atoms with Gasteiger partial charge < -0.3 is 20.4 Å². The largest absolute Gasteiger partial charge is 0.362 e. The van der Waals surface area contributed by atoms with Crippen LogP contribution in [0.4, 0.5) is 10.1 Å². The van der Waals surface area contributed by atoms with Gasteiger partial charge in [-0.05, 0) is 57.3 Å². The highest BCUT2D eigenvalue weighted by molar-refractivity contribution is 5.89. The summed E-state index contributed by atoms with van der Waals surface area (Å²) in [6, 6.07) is 3.51. The van der Waals surface area contributed by atoms with Crippen molar-refractivity contribution in [2.24, 2.45) is 5.41 Å². The lowest BCUT2D eigenvalue weighted by Crippen LogP contribution is -2.64. The minimum absolute atomic E-state index is 0.0218. The lowest BCUT2D eigenvalue weighted by molar-refractivity contribution is -0.125. The van der Waals surface area contributed by atoms with E-state index in [1.165, 1.54) is 6.07 Å². The molecule has 1 amide bonds. The van der Waals surface area contributed by atoms with E-state index in [-0.39, 0.29) is 29.2 Å². The zero-order valence-corrected chi connectivity index (χ0v) is 20.5. The number of hydrogen-bond acceptors (Lipinski definition) is 5. The lowest BCUT2D eigenvalue weighted by atomic mass is 9.69. The van der Waals surface area contributed by atoms with Gasteiger partial charge >= 0.3 is 0 Å². The molecule has 3 heterocycles. The van der Waals surface area contributed by atoms with Gasteiger partial charge in [-0.2, -0.15) is 0 Å². The second-order valence-corrected chi connectivity index (χ2v) is 10.4. The summed E-state index contributed by atoms with van der Waals surface area (Å²) in [5.74, 6) is -0.187. The van der Waals surface area contributed by atoms with Crippen molar-refractivity contribution in [3.8, 4) is 0 Å². The minimum Gasteiger partial charge on any atom is -0.362 e. The average Bonchev–Trinajstić information content (AvgIpc) is 3.31. The van der Waals surface area contributed by atoms with Crippen molar-refractivity contribution in [1.82, 2.24) is 20.4 Å². The molecule has 2 saturated heterocycles. The third-order valence-corrected chi connectivity index (χ3v) is 8.44. The minimum atomic E-state index is -0.362. The van der Waals surface area contributed by atoms with Gasteiger partial charge in [-0.15, -0.1) is 0 Å². The third-order valence-electron chi connectivity index (χ3n) is 8.44. The summed E-state index contributed by atoms with van der Waals surface area (Å²) in [6.45, 7) is 9.35. The number of amides is 1. The first kappa shape index (κ1) is 23.5. The normalized spacial score (nSPS) is 29.3. The number of hydrogen-bond donors (Lipinski definition) is 2. The highest BCUT2D eigenvalue weighted by Crippen LogP contribution is 2.43. The van der Waals surface area contributed by atoms with Crippen molar-refractivity contribution >= 4 is 11.6 Å². The standard InChI is InChI=1S/C25H40FN5O/c1-7-25(8-2)12-22-27-13-17(14-29(4)5)31(22)15-21(25)28-24(32)20-11-18-19(26)10-9-16(3)23(18)30(20)6/h9-10,17,20-22,27H,7-8,11-15H2,1-6H3,(H,28,32). The van der Waals surface area contributed by atoms with Crippen molar-refractivity contribution in [2.75, 3.05) is 45.7 Å². The molecule has 4 atom stereocenters. The molecule has 0 saturated carbocycles. The van der Waals surface area contributed by atoms with Crippen LogP contribution in [0.25, 0.3) is 0 Å². The van der Waals surface area contributed by atoms with Crippen LogP contribution in [-0.4, -0.2) is 80.8 Å². The van der Waals surface area contributed by atoms with Crippen molar-refractivity contribution < 1.29 is 9.18 Å². The second-order valence-electron chi connectivity index (χ2n) is 10.4. The van der Waals surface area contributed by atoms with Gasteiger partial charge in [0.25, 0.3) is 0 Å². The van der Waals surface area contributed by atoms with E-state index < -0.39 is 0 Å². The number of rotatable bonds is 6. The van der Waals surface area contributed by atoms with E-state index in [1.807, 2.05) is 18.9 Å². The lowest BCUT2D eigenvalue weighted by Gasteiger charge is -2.51. The summed E-state index contributed by atoms with van der Waals surface area (Å²) < 4.78 is 14.5. The van der Waals surface area contributed by atoms with Gasteiger partial charge in [0.1, 0.15) is 11.9 Å². The first-order valence-corrected chi connectivity index (χ1v) is 12.2. The Kier molecular flexibility index (Phi) is 6.54. The van der Waals surface area contributed by atoms with E-state index in [4.69, 9.17) is 0 Å². The first-order chi connectivity index (χ1) is 15.2. The SMILES string of the molecule is CCC1(CC)CC2NCC(CN(C)C)N2CC1NC(=O)C1Cc2c(F)ccc(C)c2N1C. The van der Waals surface area contributed by atoms with Crippen molar-refractivity contribution in [2.45, 2.75) is 70.7 Å². The number of likely N-dealkylation sites (N-methyl/N-ethyl adjacent to an activating group) is 2. The molecule has 0 aliphatic carbocycles. The molecular weight excluding hydrogens is 405 g/mol. The fourth-order valence-corrected chi connectivity index (χ4v) is 6.42. The van der Waals surface area contributed by atoms with Crippen LogP contribution in [0.2, 0.25) is 0 Å². The summed E-state index contributed by atoms with van der Waals surface area (Å²) >= 11 is 0. The van der Waals surface area contributed by atoms with Crippen molar-refractivity contribution in [3.05, 3.63) is 29.1 Å². The third kappa shape index (κ3) is 3.93. The molecule has 0 spiro atoms. The van der Waals surface area contributed by atoms with Crippen LogP contribution in [0.15, 0.2) is 12.1 Å². The number of piperidine rings is 1. The van der Waals surface area contributed by atoms with Gasteiger partial charge in [-0.3, -0.25) is 9.69 Å². The maximum Gasteiger partial charge on any atom is 0.243 e. The first-order valence-electron chi connectivity index (χ1n) is 12.2. The van der Waals surface area contributed by atoms with Gasteiger partial charge in [0.15, 0.2) is 0 Å². The Morgan fingerprint density at radius 1 is 1.31 bits per heavy atom. The molecule has 1 aromatic carbocycles. The number of benzene rings is 1. The van der Waals surface area contributed by atoms with Crippen LogP contribution in [0.3, 0.4) is 0 Å². The zero-order chi connectivity index (χ0) is 23.2. The molecule has 7 heteroatoms. The van der Waals surface area contributed by atoms with Crippen LogP contribution in [-0.2, 0) is 11.2 Å². The Morgan fingerprint density at radius 2 is 2.03 bits per heavy atom. The number of carbonyl (C=O) groups is 1. The summed E-state index contributed by atoms with van der Waals surface area (Å²) in [4.78, 5) is 20.3. The van der Waals surface area contributed by atoms with Crippen LogP contribution >= 0.6 is 0 Å². The monoisotopic (exact) mass is 445 g/mol. The molecule has 6 nitrogen and oxygen atoms in total. The maximum atomic E-state index is 14.5. The van der Waals surface area contributed by atoms with Crippen LogP contribution in [0.5, 0.6) is 0 Å². The van der Waals surface area contributed by atoms with E-state index in [9.17, 15) is 9.18 Å². The van der Waals surface area contributed by atoms with Crippen molar-refractivity contribution in [1.29, 1.82) is 0 Å². The number of halogens is 1. The molecule has 0 aromatic heterocycles. The van der Waals surface area contributed by atoms with Crippen LogP contribution < -0.4 is 15.5 Å². The molecule has 0 bridgehead atoms. The summed E-state index contributed by atoms with van der Waals surface area (Å²) in [5.41, 5.74) is 2.64. The fourth-order valence-electron chi connectivity index (χ4n) is 6.42. The van der Waals surface area contributed by atoms with E-state index in [1.54, 1.807) is 6.07 Å². The van der Waals surface area contributed by atoms with Gasteiger partial charge in [-0.1, -0.05) is 19.9 Å². The smallest absolute Gasteiger partial charge is 0.243 e. The molecule has 4 unspecified atom stereocenters. The van der Waals surface area contributed by atoms with E-state index >= 15 is 0 Å². The van der Waals surface area contributed by atoms with E-state index in [2.05, 4.69) is 48.4 Å². The molecule has 32 heavy (non-hydrogen) atoms. The predicted octanol–water partition coefficient (Wildman–Crippen LogP) is 2.35. The highest BCUT2D eigenvalue weighted by atomic mass is 19.1. The molecule has 4 rings (SSSR count). The van der Waals surface area contributed by atoms with E-state index in [0.29, 0.717) is 24.2 Å². The number of nitrogens with one attached hydrogen (secondary N) is 2. The predicted molar refractivity (Wildman–Crippen MR) is 127 cm³/mol. The van der Waals surface area contributed by atoms with E-state index in [0.717, 1.165) is 50.1 Å². The Labute approximate surface area is 192 Å². The number of nitrogens with zero attached hydrogens (tertiary/aromatic N) is 3. The van der Waals surface area contributed by atoms with Crippen molar-refractivity contribution in [3.63, 3.8) is 0 Å². The van der Waals surface area contributed by atoms with Gasteiger partial charge in [0.05, 0.1) is 6.17 Å². The molecule has 0 radical (unpaired) electrons. The Hall–Kier alpha value is -1.70. The summed E-state index contributed by atoms with van der Waals surface area (Å²) in [5, 5.41) is 7.19. The highest BCUT2D eigenvalue weighted by Gasteiger charge is 2.50. The Bertz CT molecular complexity index is 855. The molecule has 2 N–H and O–H groups in total. The topological polar surface area (TPSA) is 50.9 Å². The van der Waals surface area contributed by atoms with Crippen LogP contribution in [0.1, 0.15) is 44.2 Å². The molecular formula is C25H40FN5O. The fraction of sp³-hybridized carbons (Fsp3) is 0.720. The second kappa shape index (κ2) is 8.92. The van der Waals surface area contributed by atoms with Gasteiger partial charge in [0.2, 0.25) is 5.91 Å². The molecule has 2 fully saturated rings. The average molecular weight is 446 g/mol. The quantitative estimate of drug-likeness (QED) is 0.704. The van der Waals surface area contributed by atoms with Crippen LogP contribution in [0, 0.1) is 18.2 Å². The summed E-state index contributed by atoms with van der Waals surface area (Å²) in [7, 11) is 6.16. The molecule has 178 valence electrons. The number of carbonyl (C=O) groups excluding carboxylic acids is 1. The summed E-state index contributed by atoms with van der Waals surface area (Å²) in [6.07, 6.45) is 3.92. The molecule has 1 aromatic rings. The zero-order valence-electron chi connectivity index (χ0n) is 20.5. The molecule has 3 aliphatic rings. The Balaban J connectivity index is 1.54. The number of anilines is 1. The maximum absolute atomic E-state index is 14.5. The van der Waals surface area contributed by atoms with Gasteiger partial charge in [-0.25, -0.2) is 4.39 Å². The number of fused-ring (bicyclic) bond motifs is 2. The number of aryl methyl sites for hydroxylation is 1. The Morgan fingerprint density at radius 3 is 2.66 bits per heavy atom. The van der Waals surface area contributed by atoms with Gasteiger partial charge in [0, 0.05) is 56.4 Å².